The number of fused-ring (bicyclic) bond motifs is 4. The summed E-state index contributed by atoms with van der Waals surface area (Å²) in [5.41, 5.74) is 2.47. The van der Waals surface area contributed by atoms with Crippen molar-refractivity contribution in [3.8, 4) is 11.1 Å². The van der Waals surface area contributed by atoms with Gasteiger partial charge in [0.25, 0.3) is 0 Å². The summed E-state index contributed by atoms with van der Waals surface area (Å²) < 4.78 is 5.90. The first-order valence-corrected chi connectivity index (χ1v) is 7.10. The molecule has 0 bridgehead atoms. The lowest BCUT2D eigenvalue weighted by Gasteiger charge is -2.17. The molecule has 0 radical (unpaired) electrons. The van der Waals surface area contributed by atoms with Crippen molar-refractivity contribution < 1.29 is 4.42 Å². The van der Waals surface area contributed by atoms with E-state index >= 15 is 0 Å². The summed E-state index contributed by atoms with van der Waals surface area (Å²) in [6.07, 6.45) is 0. The lowest BCUT2D eigenvalue weighted by atomic mass is 10.0. The molecular weight excluding hydrogens is 256 g/mol. The second-order valence-corrected chi connectivity index (χ2v) is 5.53. The number of benzene rings is 2. The van der Waals surface area contributed by atoms with Gasteiger partial charge >= 0.3 is 0 Å². The minimum Gasteiger partial charge on any atom is -0.459 e. The summed E-state index contributed by atoms with van der Waals surface area (Å²) in [6.45, 7) is 0. The van der Waals surface area contributed by atoms with Crippen LogP contribution >= 0.6 is 11.8 Å². The second-order valence-electron chi connectivity index (χ2n) is 4.51. The van der Waals surface area contributed by atoms with Crippen molar-refractivity contribution in [3.05, 3.63) is 64.5 Å². The third kappa shape index (κ3) is 1.55. The van der Waals surface area contributed by atoms with Crippen LogP contribution < -0.4 is 5.43 Å². The summed E-state index contributed by atoms with van der Waals surface area (Å²) in [5, 5.41) is 0.656. The van der Waals surface area contributed by atoms with Gasteiger partial charge in [-0.15, -0.1) is 11.8 Å². The standard InChI is InChI=1S/C16H10O2S/c17-16-10-5-1-3-7-12(10)18-13-9-19-14-8-4-2-6-11(14)15(13)16/h1-8H,9H2. The van der Waals surface area contributed by atoms with Gasteiger partial charge in [-0.25, -0.2) is 0 Å². The van der Waals surface area contributed by atoms with Gasteiger partial charge in [-0.1, -0.05) is 30.3 Å². The molecule has 1 aliphatic heterocycles. The molecule has 2 heterocycles. The van der Waals surface area contributed by atoms with Gasteiger partial charge in [0, 0.05) is 10.5 Å². The van der Waals surface area contributed by atoms with E-state index in [2.05, 4.69) is 6.07 Å². The molecule has 0 aliphatic carbocycles. The lowest BCUT2D eigenvalue weighted by molar-refractivity contribution is 0.561. The summed E-state index contributed by atoms with van der Waals surface area (Å²) in [5.74, 6) is 1.50. The van der Waals surface area contributed by atoms with Gasteiger partial charge in [0.15, 0.2) is 0 Å². The van der Waals surface area contributed by atoms with Crippen molar-refractivity contribution >= 4 is 22.7 Å². The van der Waals surface area contributed by atoms with Crippen LogP contribution in [0.2, 0.25) is 0 Å². The van der Waals surface area contributed by atoms with E-state index in [9.17, 15) is 4.79 Å². The van der Waals surface area contributed by atoms with E-state index in [0.717, 1.165) is 21.8 Å². The van der Waals surface area contributed by atoms with Gasteiger partial charge < -0.3 is 4.42 Å². The summed E-state index contributed by atoms with van der Waals surface area (Å²) >= 11 is 1.72. The highest BCUT2D eigenvalue weighted by molar-refractivity contribution is 7.98. The zero-order valence-electron chi connectivity index (χ0n) is 10.1. The van der Waals surface area contributed by atoms with Gasteiger partial charge in [-0.2, -0.15) is 0 Å². The first-order chi connectivity index (χ1) is 9.34. The lowest BCUT2D eigenvalue weighted by Crippen LogP contribution is -2.11. The maximum Gasteiger partial charge on any atom is 0.200 e. The second kappa shape index (κ2) is 4.00. The highest BCUT2D eigenvalue weighted by atomic mass is 32.2. The van der Waals surface area contributed by atoms with Crippen LogP contribution in [0.5, 0.6) is 0 Å². The van der Waals surface area contributed by atoms with Crippen LogP contribution in [0.3, 0.4) is 0 Å². The fourth-order valence-corrected chi connectivity index (χ4v) is 3.50. The molecule has 2 aromatic carbocycles. The van der Waals surface area contributed by atoms with Gasteiger partial charge in [-0.05, 0) is 18.2 Å². The summed E-state index contributed by atoms with van der Waals surface area (Å²) in [6, 6.07) is 15.4. The molecular formula is C16H10O2S. The largest absolute Gasteiger partial charge is 0.459 e. The smallest absolute Gasteiger partial charge is 0.200 e. The Kier molecular flexibility index (Phi) is 2.29. The molecule has 3 heteroatoms. The van der Waals surface area contributed by atoms with E-state index in [1.807, 2.05) is 42.5 Å². The molecule has 0 unspecified atom stereocenters. The Morgan fingerprint density at radius 2 is 1.79 bits per heavy atom. The van der Waals surface area contributed by atoms with E-state index in [1.54, 1.807) is 11.8 Å². The van der Waals surface area contributed by atoms with Gasteiger partial charge in [-0.3, -0.25) is 4.79 Å². The van der Waals surface area contributed by atoms with Crippen LogP contribution in [0.15, 0.2) is 62.6 Å². The van der Waals surface area contributed by atoms with Crippen molar-refractivity contribution in [1.82, 2.24) is 0 Å². The molecule has 0 fully saturated rings. The number of hydrogen-bond acceptors (Lipinski definition) is 3. The molecule has 0 atom stereocenters. The number of para-hydroxylation sites is 1. The van der Waals surface area contributed by atoms with Crippen molar-refractivity contribution in [1.29, 1.82) is 0 Å². The fourth-order valence-electron chi connectivity index (χ4n) is 2.50. The van der Waals surface area contributed by atoms with Crippen molar-refractivity contribution in [3.63, 3.8) is 0 Å². The third-order valence-electron chi connectivity index (χ3n) is 3.39. The fraction of sp³-hybridized carbons (Fsp3) is 0.0625. The maximum atomic E-state index is 12.7. The Morgan fingerprint density at radius 3 is 2.74 bits per heavy atom. The first kappa shape index (κ1) is 10.9. The SMILES string of the molecule is O=c1c2c(oc3ccccc13)CSc1ccccc1-2. The molecule has 4 rings (SSSR count). The molecule has 0 amide bonds. The van der Waals surface area contributed by atoms with Crippen LogP contribution in [-0.2, 0) is 5.75 Å². The van der Waals surface area contributed by atoms with E-state index < -0.39 is 0 Å². The normalized spacial score (nSPS) is 13.1. The minimum absolute atomic E-state index is 0.0737. The minimum atomic E-state index is 0.0737. The predicted molar refractivity (Wildman–Crippen MR) is 77.5 cm³/mol. The molecule has 0 spiro atoms. The Labute approximate surface area is 114 Å². The average Bonchev–Trinajstić information content (AvgIpc) is 2.47. The summed E-state index contributed by atoms with van der Waals surface area (Å²) in [7, 11) is 0. The maximum absolute atomic E-state index is 12.7. The van der Waals surface area contributed by atoms with Gasteiger partial charge in [0.2, 0.25) is 5.43 Å². The number of thioether (sulfide) groups is 1. The Hall–Kier alpha value is -2.00. The van der Waals surface area contributed by atoms with Crippen molar-refractivity contribution in [2.24, 2.45) is 0 Å². The molecule has 92 valence electrons. The van der Waals surface area contributed by atoms with Gasteiger partial charge in [0.1, 0.15) is 11.3 Å². The highest BCUT2D eigenvalue weighted by Gasteiger charge is 2.22. The van der Waals surface area contributed by atoms with Gasteiger partial charge in [0.05, 0.1) is 16.7 Å². The van der Waals surface area contributed by atoms with E-state index in [-0.39, 0.29) is 5.43 Å². The highest BCUT2D eigenvalue weighted by Crippen LogP contribution is 2.40. The molecule has 3 aromatic rings. The number of hydrogen-bond donors (Lipinski definition) is 0. The molecule has 19 heavy (non-hydrogen) atoms. The van der Waals surface area contributed by atoms with Crippen LogP contribution in [0.25, 0.3) is 22.1 Å². The zero-order chi connectivity index (χ0) is 12.8. The average molecular weight is 266 g/mol. The van der Waals surface area contributed by atoms with Crippen LogP contribution in [0.1, 0.15) is 5.76 Å². The Morgan fingerprint density at radius 1 is 1.00 bits per heavy atom. The quantitative estimate of drug-likeness (QED) is 0.614. The van der Waals surface area contributed by atoms with E-state index in [4.69, 9.17) is 4.42 Å². The Balaban J connectivity index is 2.16. The van der Waals surface area contributed by atoms with E-state index in [1.165, 1.54) is 0 Å². The van der Waals surface area contributed by atoms with E-state index in [0.29, 0.717) is 16.7 Å². The topological polar surface area (TPSA) is 30.2 Å². The molecule has 1 aliphatic rings. The molecule has 2 nitrogen and oxygen atoms in total. The predicted octanol–water partition coefficient (Wildman–Crippen LogP) is 4.07. The third-order valence-corrected chi connectivity index (χ3v) is 4.46. The van der Waals surface area contributed by atoms with Crippen molar-refractivity contribution in [2.45, 2.75) is 10.6 Å². The van der Waals surface area contributed by atoms with Crippen molar-refractivity contribution in [2.75, 3.05) is 0 Å². The Bertz CT molecular complexity index is 849. The monoisotopic (exact) mass is 266 g/mol. The first-order valence-electron chi connectivity index (χ1n) is 6.11. The zero-order valence-corrected chi connectivity index (χ0v) is 10.9. The molecule has 1 aromatic heterocycles. The number of rotatable bonds is 0. The van der Waals surface area contributed by atoms with Crippen LogP contribution in [-0.4, -0.2) is 0 Å². The molecule has 0 saturated carbocycles. The van der Waals surface area contributed by atoms with Crippen LogP contribution in [0, 0.1) is 0 Å². The summed E-state index contributed by atoms with van der Waals surface area (Å²) in [4.78, 5) is 13.8. The van der Waals surface area contributed by atoms with Crippen LogP contribution in [0.4, 0.5) is 0 Å². The molecule has 0 saturated heterocycles. The molecule has 0 N–H and O–H groups in total.